The summed E-state index contributed by atoms with van der Waals surface area (Å²) in [5.41, 5.74) is 1.86. The molecule has 1 aliphatic rings. The molecular formula is C21H23N3O2. The molecule has 0 bridgehead atoms. The van der Waals surface area contributed by atoms with Gasteiger partial charge in [0.15, 0.2) is 0 Å². The van der Waals surface area contributed by atoms with Crippen LogP contribution in [0.3, 0.4) is 0 Å². The van der Waals surface area contributed by atoms with E-state index in [1.54, 1.807) is 7.05 Å². The molecule has 0 fully saturated rings. The van der Waals surface area contributed by atoms with E-state index in [1.807, 2.05) is 71.7 Å². The Labute approximate surface area is 154 Å². The highest BCUT2D eigenvalue weighted by Crippen LogP contribution is 2.38. The van der Waals surface area contributed by atoms with Gasteiger partial charge < -0.3 is 0 Å². The smallest absolute Gasteiger partial charge is 0.274 e. The first kappa shape index (κ1) is 17.9. The van der Waals surface area contributed by atoms with Gasteiger partial charge >= 0.3 is 0 Å². The second-order valence-electron chi connectivity index (χ2n) is 6.27. The van der Waals surface area contributed by atoms with Gasteiger partial charge in [-0.1, -0.05) is 54.6 Å². The van der Waals surface area contributed by atoms with Crippen molar-refractivity contribution in [2.75, 3.05) is 25.7 Å². The Bertz CT molecular complexity index is 805. The number of anilines is 1. The molecule has 2 aromatic rings. The van der Waals surface area contributed by atoms with Crippen LogP contribution in [-0.2, 0) is 15.0 Å². The Morgan fingerprint density at radius 3 is 2.42 bits per heavy atom. The summed E-state index contributed by atoms with van der Waals surface area (Å²) < 4.78 is 0. The number of allylic oxidation sites excluding steroid dienone is 1. The number of hydroxylamine groups is 2. The number of hydrogen-bond donors (Lipinski definition) is 0. The highest BCUT2D eigenvalue weighted by atomic mass is 16.7. The van der Waals surface area contributed by atoms with E-state index in [1.165, 1.54) is 12.2 Å². The summed E-state index contributed by atoms with van der Waals surface area (Å²) in [6.07, 6.45) is 2.44. The predicted octanol–water partition coefficient (Wildman–Crippen LogP) is 3.40. The molecule has 26 heavy (non-hydrogen) atoms. The first-order valence-corrected chi connectivity index (χ1v) is 8.52. The number of carbonyl (C=O) groups is 1. The minimum atomic E-state index is -0.581. The van der Waals surface area contributed by atoms with E-state index < -0.39 is 5.41 Å². The normalized spacial score (nSPS) is 19.2. The number of benzene rings is 2. The van der Waals surface area contributed by atoms with Crippen LogP contribution in [-0.4, -0.2) is 37.4 Å². The van der Waals surface area contributed by atoms with Gasteiger partial charge in [-0.2, -0.15) is 5.10 Å². The van der Waals surface area contributed by atoms with Crippen molar-refractivity contribution in [3.63, 3.8) is 0 Å². The van der Waals surface area contributed by atoms with E-state index in [9.17, 15) is 4.79 Å². The summed E-state index contributed by atoms with van der Waals surface area (Å²) in [7, 11) is 3.07. The Balaban J connectivity index is 2.13. The molecule has 0 saturated heterocycles. The molecule has 0 saturated carbocycles. The molecule has 0 aromatic heterocycles. The lowest BCUT2D eigenvalue weighted by Crippen LogP contribution is -2.46. The monoisotopic (exact) mass is 349 g/mol. The standard InChI is InChI=1S/C21H23N3O2/c1-4-15-21(17-11-7-5-8-12-17)16-24(18-13-9-6-10-14-18)22-19(21)20(25)23(2)26-3/h4-14H,1,15-16H2,2-3H3. The molecule has 1 amide bonds. The van der Waals surface area contributed by atoms with E-state index in [0.29, 0.717) is 18.7 Å². The van der Waals surface area contributed by atoms with Gasteiger partial charge in [0.05, 0.1) is 24.8 Å². The minimum Gasteiger partial charge on any atom is -0.274 e. The molecule has 0 spiro atoms. The third kappa shape index (κ3) is 3.13. The lowest BCUT2D eigenvalue weighted by molar-refractivity contribution is -0.160. The second-order valence-corrected chi connectivity index (χ2v) is 6.27. The fourth-order valence-corrected chi connectivity index (χ4v) is 3.32. The number of para-hydroxylation sites is 1. The zero-order chi connectivity index (χ0) is 18.6. The van der Waals surface area contributed by atoms with E-state index >= 15 is 0 Å². The predicted molar refractivity (Wildman–Crippen MR) is 104 cm³/mol. The molecular weight excluding hydrogens is 326 g/mol. The molecule has 5 nitrogen and oxygen atoms in total. The summed E-state index contributed by atoms with van der Waals surface area (Å²) in [4.78, 5) is 18.2. The number of nitrogens with zero attached hydrogens (tertiary/aromatic N) is 3. The van der Waals surface area contributed by atoms with Crippen LogP contribution in [0.5, 0.6) is 0 Å². The van der Waals surface area contributed by atoms with E-state index in [0.717, 1.165) is 11.3 Å². The third-order valence-electron chi connectivity index (χ3n) is 4.73. The van der Waals surface area contributed by atoms with Crippen molar-refractivity contribution in [3.05, 3.63) is 78.9 Å². The summed E-state index contributed by atoms with van der Waals surface area (Å²) >= 11 is 0. The summed E-state index contributed by atoms with van der Waals surface area (Å²) in [5, 5.41) is 7.81. The maximum absolute atomic E-state index is 13.0. The number of amides is 1. The fourth-order valence-electron chi connectivity index (χ4n) is 3.32. The van der Waals surface area contributed by atoms with Crippen LogP contribution in [0.1, 0.15) is 12.0 Å². The number of hydrazone groups is 1. The maximum Gasteiger partial charge on any atom is 0.294 e. The topological polar surface area (TPSA) is 45.1 Å². The molecule has 0 radical (unpaired) electrons. The van der Waals surface area contributed by atoms with Crippen LogP contribution in [0.15, 0.2) is 78.4 Å². The highest BCUT2D eigenvalue weighted by Gasteiger charge is 2.48. The highest BCUT2D eigenvalue weighted by molar-refractivity contribution is 6.43. The molecule has 2 aromatic carbocycles. The fraction of sp³-hybridized carbons (Fsp3) is 0.238. The van der Waals surface area contributed by atoms with Crippen molar-refractivity contribution < 1.29 is 9.63 Å². The molecule has 1 aliphatic heterocycles. The van der Waals surface area contributed by atoms with Gasteiger partial charge in [0.25, 0.3) is 5.91 Å². The van der Waals surface area contributed by atoms with Gasteiger partial charge in [-0.15, -0.1) is 6.58 Å². The van der Waals surface area contributed by atoms with Crippen LogP contribution in [0.4, 0.5) is 5.69 Å². The summed E-state index contributed by atoms with van der Waals surface area (Å²) in [6.45, 7) is 4.48. The minimum absolute atomic E-state index is 0.253. The van der Waals surface area contributed by atoms with Crippen LogP contribution in [0, 0.1) is 0 Å². The van der Waals surface area contributed by atoms with Crippen molar-refractivity contribution in [2.45, 2.75) is 11.8 Å². The zero-order valence-electron chi connectivity index (χ0n) is 15.1. The van der Waals surface area contributed by atoms with Gasteiger partial charge in [0, 0.05) is 7.05 Å². The van der Waals surface area contributed by atoms with Crippen LogP contribution >= 0.6 is 0 Å². The van der Waals surface area contributed by atoms with Crippen LogP contribution < -0.4 is 5.01 Å². The first-order chi connectivity index (χ1) is 12.6. The number of carbonyl (C=O) groups excluding carboxylic acids is 1. The molecule has 0 N–H and O–H groups in total. The Morgan fingerprint density at radius 2 is 1.85 bits per heavy atom. The molecule has 1 heterocycles. The quantitative estimate of drug-likeness (QED) is 0.593. The van der Waals surface area contributed by atoms with E-state index in [-0.39, 0.29) is 5.91 Å². The molecule has 3 rings (SSSR count). The third-order valence-corrected chi connectivity index (χ3v) is 4.73. The second kappa shape index (κ2) is 7.54. The molecule has 1 unspecified atom stereocenters. The van der Waals surface area contributed by atoms with Crippen molar-refractivity contribution >= 4 is 17.3 Å². The summed E-state index contributed by atoms with van der Waals surface area (Å²) in [6, 6.07) is 19.9. The average Bonchev–Trinajstić information content (AvgIpc) is 3.09. The maximum atomic E-state index is 13.0. The SMILES string of the molecule is C=CCC1(c2ccccc2)CN(c2ccccc2)N=C1C(=O)N(C)OC. The largest absolute Gasteiger partial charge is 0.294 e. The van der Waals surface area contributed by atoms with Crippen LogP contribution in [0.2, 0.25) is 0 Å². The van der Waals surface area contributed by atoms with Gasteiger partial charge in [0.2, 0.25) is 0 Å². The van der Waals surface area contributed by atoms with Crippen molar-refractivity contribution in [1.82, 2.24) is 5.06 Å². The van der Waals surface area contributed by atoms with Gasteiger partial charge in [-0.25, -0.2) is 5.06 Å². The van der Waals surface area contributed by atoms with Crippen molar-refractivity contribution in [1.29, 1.82) is 0 Å². The molecule has 5 heteroatoms. The first-order valence-electron chi connectivity index (χ1n) is 8.52. The number of hydrogen-bond acceptors (Lipinski definition) is 4. The Morgan fingerprint density at radius 1 is 1.23 bits per heavy atom. The lowest BCUT2D eigenvalue weighted by Gasteiger charge is -2.31. The van der Waals surface area contributed by atoms with E-state index in [4.69, 9.17) is 9.94 Å². The Kier molecular flexibility index (Phi) is 5.19. The Hall–Kier alpha value is -2.92. The van der Waals surface area contributed by atoms with Gasteiger partial charge in [-0.3, -0.25) is 14.6 Å². The summed E-state index contributed by atoms with van der Waals surface area (Å²) in [5.74, 6) is -0.253. The lowest BCUT2D eigenvalue weighted by atomic mass is 9.73. The molecule has 134 valence electrons. The van der Waals surface area contributed by atoms with Crippen molar-refractivity contribution in [3.8, 4) is 0 Å². The molecule has 0 aliphatic carbocycles. The van der Waals surface area contributed by atoms with Crippen molar-refractivity contribution in [2.24, 2.45) is 5.10 Å². The van der Waals surface area contributed by atoms with Gasteiger partial charge in [0.1, 0.15) is 5.71 Å². The van der Waals surface area contributed by atoms with Gasteiger partial charge in [-0.05, 0) is 24.1 Å². The van der Waals surface area contributed by atoms with Crippen LogP contribution in [0.25, 0.3) is 0 Å². The van der Waals surface area contributed by atoms with E-state index in [2.05, 4.69) is 6.58 Å². The zero-order valence-corrected chi connectivity index (χ0v) is 15.1. The number of rotatable bonds is 6. The molecule has 1 atom stereocenters. The average molecular weight is 349 g/mol.